The average Bonchev–Trinajstić information content (AvgIpc) is 3.38. The summed E-state index contributed by atoms with van der Waals surface area (Å²) in [6.07, 6.45) is 1.83. The van der Waals surface area contributed by atoms with Crippen LogP contribution in [0.25, 0.3) is 0 Å². The lowest BCUT2D eigenvalue weighted by Crippen LogP contribution is -2.43. The topological polar surface area (TPSA) is 36.0 Å². The van der Waals surface area contributed by atoms with Gasteiger partial charge in [-0.2, -0.15) is 0 Å². The number of epoxide rings is 1. The molecule has 4 rings (SSSR count). The second-order valence-corrected chi connectivity index (χ2v) is 6.65. The zero-order valence-corrected chi connectivity index (χ0v) is 13.2. The van der Waals surface area contributed by atoms with E-state index in [1.165, 1.54) is 11.1 Å². The van der Waals surface area contributed by atoms with E-state index in [1.807, 2.05) is 0 Å². The van der Waals surface area contributed by atoms with Gasteiger partial charge in [-0.05, 0) is 24.0 Å². The molecule has 2 aromatic rings. The summed E-state index contributed by atoms with van der Waals surface area (Å²) >= 11 is 0. The molecule has 0 radical (unpaired) electrons. The lowest BCUT2D eigenvalue weighted by atomic mass is 9.91. The molecule has 0 bridgehead atoms. The van der Waals surface area contributed by atoms with Crippen molar-refractivity contribution in [3.8, 4) is 0 Å². The van der Waals surface area contributed by atoms with Gasteiger partial charge in [0.2, 0.25) is 0 Å². The van der Waals surface area contributed by atoms with Crippen LogP contribution in [0, 0.1) is 0 Å². The van der Waals surface area contributed by atoms with Crippen LogP contribution in [0.3, 0.4) is 0 Å². The monoisotopic (exact) mass is 309 g/mol. The van der Waals surface area contributed by atoms with E-state index >= 15 is 0 Å². The van der Waals surface area contributed by atoms with Crippen LogP contribution in [-0.4, -0.2) is 34.4 Å². The lowest BCUT2D eigenvalue weighted by molar-refractivity contribution is 0.0903. The minimum atomic E-state index is -0.272. The summed E-state index contributed by atoms with van der Waals surface area (Å²) in [6, 6.07) is 21.6. The summed E-state index contributed by atoms with van der Waals surface area (Å²) in [6.45, 7) is 1.84. The Hall–Kier alpha value is -1.68. The van der Waals surface area contributed by atoms with Crippen LogP contribution in [0.5, 0.6) is 0 Å². The number of benzene rings is 2. The van der Waals surface area contributed by atoms with Crippen molar-refractivity contribution in [1.29, 1.82) is 0 Å². The van der Waals surface area contributed by atoms with E-state index in [1.54, 1.807) is 0 Å². The third kappa shape index (κ3) is 3.32. The van der Waals surface area contributed by atoms with Crippen molar-refractivity contribution < 1.29 is 9.84 Å². The third-order valence-corrected chi connectivity index (χ3v) is 5.00. The van der Waals surface area contributed by atoms with E-state index in [0.29, 0.717) is 6.04 Å². The van der Waals surface area contributed by atoms with Gasteiger partial charge in [0.25, 0.3) is 0 Å². The van der Waals surface area contributed by atoms with Crippen molar-refractivity contribution in [2.45, 2.75) is 50.3 Å². The Kier molecular flexibility index (Phi) is 4.17. The second kappa shape index (κ2) is 6.44. The Morgan fingerprint density at radius 3 is 1.96 bits per heavy atom. The number of ether oxygens (including phenoxy) is 1. The fourth-order valence-electron chi connectivity index (χ4n) is 3.74. The maximum atomic E-state index is 9.95. The van der Waals surface area contributed by atoms with Gasteiger partial charge in [0.15, 0.2) is 0 Å². The zero-order valence-electron chi connectivity index (χ0n) is 13.2. The van der Waals surface area contributed by atoms with Gasteiger partial charge in [-0.15, -0.1) is 0 Å². The van der Waals surface area contributed by atoms with Crippen molar-refractivity contribution in [1.82, 2.24) is 4.90 Å². The van der Waals surface area contributed by atoms with E-state index in [9.17, 15) is 5.11 Å². The zero-order chi connectivity index (χ0) is 15.6. The predicted molar refractivity (Wildman–Crippen MR) is 89.8 cm³/mol. The molecule has 120 valence electrons. The number of hydrogen-bond donors (Lipinski definition) is 1. The van der Waals surface area contributed by atoms with Crippen molar-refractivity contribution in [2.24, 2.45) is 0 Å². The molecule has 4 atom stereocenters. The molecule has 23 heavy (non-hydrogen) atoms. The number of nitrogens with zero attached hydrogens (tertiary/aromatic N) is 1. The molecule has 1 heterocycles. The number of hydrogen-bond acceptors (Lipinski definition) is 3. The molecule has 0 unspecified atom stereocenters. The van der Waals surface area contributed by atoms with Gasteiger partial charge in [0.05, 0.1) is 6.10 Å². The molecule has 1 saturated heterocycles. The highest BCUT2D eigenvalue weighted by Crippen LogP contribution is 2.40. The molecule has 2 aromatic carbocycles. The molecular formula is C20H23NO2. The third-order valence-electron chi connectivity index (χ3n) is 5.00. The van der Waals surface area contributed by atoms with Crippen LogP contribution >= 0.6 is 0 Å². The van der Waals surface area contributed by atoms with Crippen molar-refractivity contribution in [3.05, 3.63) is 71.8 Å². The standard InChI is InChI=1S/C20H23NO2/c22-18-12-11-17(19-20(18)23-19)21(13-15-7-3-1-4-8-15)14-16-9-5-2-6-10-16/h1-10,17-20,22H,11-14H2/t17-,18-,19-,20+/m1/s1. The summed E-state index contributed by atoms with van der Waals surface area (Å²) in [7, 11) is 0. The molecule has 0 amide bonds. The molecule has 1 N–H and O–H groups in total. The van der Waals surface area contributed by atoms with Gasteiger partial charge < -0.3 is 9.84 Å². The highest BCUT2D eigenvalue weighted by molar-refractivity contribution is 5.18. The summed E-state index contributed by atoms with van der Waals surface area (Å²) in [4.78, 5) is 2.52. The van der Waals surface area contributed by atoms with Gasteiger partial charge in [0, 0.05) is 19.1 Å². The number of rotatable bonds is 5. The minimum Gasteiger partial charge on any atom is -0.390 e. The molecular weight excluding hydrogens is 286 g/mol. The predicted octanol–water partition coefficient (Wildman–Crippen LogP) is 2.98. The Morgan fingerprint density at radius 2 is 1.39 bits per heavy atom. The van der Waals surface area contributed by atoms with Gasteiger partial charge in [-0.25, -0.2) is 0 Å². The van der Waals surface area contributed by atoms with Gasteiger partial charge in [0.1, 0.15) is 12.2 Å². The molecule has 0 spiro atoms. The molecule has 1 saturated carbocycles. The SMILES string of the molecule is O[C@@H]1CC[C@@H](N(Cc2ccccc2)Cc2ccccc2)[C@H]2O[C@H]21. The van der Waals surface area contributed by atoms with Gasteiger partial charge in [-0.1, -0.05) is 60.7 Å². The van der Waals surface area contributed by atoms with Crippen LogP contribution in [0.1, 0.15) is 24.0 Å². The molecule has 2 aliphatic rings. The van der Waals surface area contributed by atoms with E-state index in [4.69, 9.17) is 4.74 Å². The maximum absolute atomic E-state index is 9.95. The van der Waals surface area contributed by atoms with Gasteiger partial charge >= 0.3 is 0 Å². The fourth-order valence-corrected chi connectivity index (χ4v) is 3.74. The molecule has 1 aliphatic carbocycles. The second-order valence-electron chi connectivity index (χ2n) is 6.65. The Balaban J connectivity index is 1.53. The molecule has 3 heteroatoms. The smallest absolute Gasteiger partial charge is 0.112 e. The average molecular weight is 309 g/mol. The van der Waals surface area contributed by atoms with E-state index in [2.05, 4.69) is 65.6 Å². The maximum Gasteiger partial charge on any atom is 0.112 e. The van der Waals surface area contributed by atoms with Crippen molar-refractivity contribution in [2.75, 3.05) is 0 Å². The lowest BCUT2D eigenvalue weighted by Gasteiger charge is -2.33. The fraction of sp³-hybridized carbons (Fsp3) is 0.400. The van der Waals surface area contributed by atoms with Crippen LogP contribution in [0.15, 0.2) is 60.7 Å². The Morgan fingerprint density at radius 1 is 0.826 bits per heavy atom. The number of fused-ring (bicyclic) bond motifs is 1. The first kappa shape index (κ1) is 14.9. The molecule has 1 aliphatic heterocycles. The summed E-state index contributed by atoms with van der Waals surface area (Å²) in [5.74, 6) is 0. The molecule has 0 aromatic heterocycles. The van der Waals surface area contributed by atoms with E-state index in [0.717, 1.165) is 25.9 Å². The normalized spacial score (nSPS) is 29.3. The Labute approximate surface area is 137 Å². The van der Waals surface area contributed by atoms with Crippen LogP contribution < -0.4 is 0 Å². The highest BCUT2D eigenvalue weighted by Gasteiger charge is 2.53. The summed E-state index contributed by atoms with van der Waals surface area (Å²) in [5, 5.41) is 9.95. The van der Waals surface area contributed by atoms with Crippen molar-refractivity contribution in [3.63, 3.8) is 0 Å². The molecule has 2 fully saturated rings. The first-order valence-electron chi connectivity index (χ1n) is 8.47. The quantitative estimate of drug-likeness (QED) is 0.863. The van der Waals surface area contributed by atoms with Crippen LogP contribution in [-0.2, 0) is 17.8 Å². The highest BCUT2D eigenvalue weighted by atomic mass is 16.6. The first-order chi connectivity index (χ1) is 11.3. The minimum absolute atomic E-state index is 0.0581. The number of aliphatic hydroxyl groups is 1. The van der Waals surface area contributed by atoms with Crippen molar-refractivity contribution >= 4 is 0 Å². The van der Waals surface area contributed by atoms with Crippen LogP contribution in [0.4, 0.5) is 0 Å². The largest absolute Gasteiger partial charge is 0.390 e. The van der Waals surface area contributed by atoms with E-state index < -0.39 is 0 Å². The Bertz CT molecular complexity index is 589. The van der Waals surface area contributed by atoms with Crippen LogP contribution in [0.2, 0.25) is 0 Å². The number of aliphatic hydroxyl groups excluding tert-OH is 1. The van der Waals surface area contributed by atoms with Gasteiger partial charge in [-0.3, -0.25) is 4.90 Å². The summed E-state index contributed by atoms with van der Waals surface area (Å²) in [5.41, 5.74) is 2.65. The molecule has 3 nitrogen and oxygen atoms in total. The van der Waals surface area contributed by atoms with E-state index in [-0.39, 0.29) is 18.3 Å². The summed E-state index contributed by atoms with van der Waals surface area (Å²) < 4.78 is 5.77. The first-order valence-corrected chi connectivity index (χ1v) is 8.47.